The van der Waals surface area contributed by atoms with E-state index in [1.165, 1.54) is 4.90 Å². The molecule has 1 aromatic rings. The quantitative estimate of drug-likeness (QED) is 0.469. The molecule has 0 spiro atoms. The Morgan fingerprint density at radius 2 is 1.83 bits per heavy atom. The fourth-order valence-electron chi connectivity index (χ4n) is 3.22. The number of fused-ring (bicyclic) bond motifs is 1. The summed E-state index contributed by atoms with van der Waals surface area (Å²) in [5.74, 6) is -0.569. The van der Waals surface area contributed by atoms with Crippen LogP contribution in [0.25, 0.3) is 0 Å². The van der Waals surface area contributed by atoms with Gasteiger partial charge in [0, 0.05) is 8.07 Å². The smallest absolute Gasteiger partial charge is 0.263 e. The Labute approximate surface area is 142 Å². The number of amides is 2. The fraction of sp³-hybridized carbons (Fsp3) is 0.412. The second-order valence-corrected chi connectivity index (χ2v) is 13.0. The molecule has 2 atom stereocenters. The molecule has 2 aliphatic rings. The molecular formula is C17H22N4O2Si. The summed E-state index contributed by atoms with van der Waals surface area (Å²) >= 11 is 0. The van der Waals surface area contributed by atoms with E-state index in [0.717, 1.165) is 11.6 Å². The van der Waals surface area contributed by atoms with Gasteiger partial charge in [0.15, 0.2) is 12.1 Å². The first-order valence-corrected chi connectivity index (χ1v) is 11.8. The summed E-state index contributed by atoms with van der Waals surface area (Å²) in [6, 6.07) is 8.54. The molecule has 2 aliphatic heterocycles. The molecule has 2 amide bonds. The number of benzene rings is 1. The molecule has 3 rings (SSSR count). The van der Waals surface area contributed by atoms with E-state index in [1.54, 1.807) is 29.3 Å². The SMILES string of the molecule is C=C(CN1N=NC2C(=O)N(c3ccccc3)C(=O)C21)C[Si](C)(C)C. The third-order valence-electron chi connectivity index (χ3n) is 4.04. The number of anilines is 1. The Morgan fingerprint density at radius 3 is 2.46 bits per heavy atom. The molecule has 1 fully saturated rings. The molecule has 24 heavy (non-hydrogen) atoms. The summed E-state index contributed by atoms with van der Waals surface area (Å²) in [6.07, 6.45) is 0. The molecule has 7 heteroatoms. The number of para-hydroxylation sites is 1. The Bertz CT molecular complexity index is 711. The molecule has 6 nitrogen and oxygen atoms in total. The number of rotatable bonds is 5. The van der Waals surface area contributed by atoms with Crippen molar-refractivity contribution in [3.63, 3.8) is 0 Å². The van der Waals surface area contributed by atoms with Gasteiger partial charge in [-0.3, -0.25) is 14.6 Å². The summed E-state index contributed by atoms with van der Waals surface area (Å²) in [7, 11) is -1.28. The van der Waals surface area contributed by atoms with Gasteiger partial charge in [0.05, 0.1) is 12.2 Å². The predicted molar refractivity (Wildman–Crippen MR) is 95.4 cm³/mol. The maximum absolute atomic E-state index is 12.8. The van der Waals surface area contributed by atoms with Gasteiger partial charge in [-0.05, 0) is 18.2 Å². The van der Waals surface area contributed by atoms with Crippen LogP contribution in [-0.2, 0) is 9.59 Å². The highest BCUT2D eigenvalue weighted by Crippen LogP contribution is 2.32. The Balaban J connectivity index is 1.77. The Kier molecular flexibility index (Phi) is 4.12. The van der Waals surface area contributed by atoms with Gasteiger partial charge in [-0.1, -0.05) is 55.2 Å². The lowest BCUT2D eigenvalue weighted by atomic mass is 10.1. The highest BCUT2D eigenvalue weighted by molar-refractivity contribution is 6.76. The lowest BCUT2D eigenvalue weighted by molar-refractivity contribution is -0.123. The molecule has 2 heterocycles. The van der Waals surface area contributed by atoms with E-state index in [1.807, 2.05) is 6.07 Å². The Morgan fingerprint density at radius 1 is 1.17 bits per heavy atom. The number of hydrogen-bond acceptors (Lipinski definition) is 5. The van der Waals surface area contributed by atoms with Crippen LogP contribution in [0.3, 0.4) is 0 Å². The first-order valence-electron chi connectivity index (χ1n) is 8.05. The van der Waals surface area contributed by atoms with Crippen molar-refractivity contribution in [1.82, 2.24) is 5.01 Å². The molecule has 126 valence electrons. The molecule has 0 saturated carbocycles. The average Bonchev–Trinajstić information content (AvgIpc) is 2.99. The normalized spacial score (nSPS) is 23.1. The molecule has 0 aliphatic carbocycles. The van der Waals surface area contributed by atoms with E-state index in [4.69, 9.17) is 0 Å². The third-order valence-corrected chi connectivity index (χ3v) is 5.60. The second kappa shape index (κ2) is 5.97. The first-order chi connectivity index (χ1) is 11.3. The van der Waals surface area contributed by atoms with Crippen LogP contribution < -0.4 is 4.90 Å². The van der Waals surface area contributed by atoms with Crippen LogP contribution >= 0.6 is 0 Å². The van der Waals surface area contributed by atoms with E-state index in [-0.39, 0.29) is 11.8 Å². The largest absolute Gasteiger partial charge is 0.271 e. The van der Waals surface area contributed by atoms with Crippen LogP contribution in [0.1, 0.15) is 0 Å². The van der Waals surface area contributed by atoms with Crippen LogP contribution in [0.15, 0.2) is 52.8 Å². The maximum Gasteiger partial charge on any atom is 0.263 e. The van der Waals surface area contributed by atoms with Gasteiger partial charge in [-0.2, -0.15) is 5.11 Å². The van der Waals surface area contributed by atoms with Crippen molar-refractivity contribution in [2.75, 3.05) is 11.4 Å². The van der Waals surface area contributed by atoms with Crippen LogP contribution in [0.2, 0.25) is 25.7 Å². The van der Waals surface area contributed by atoms with Gasteiger partial charge in [0.2, 0.25) is 0 Å². The number of imide groups is 1. The zero-order valence-corrected chi connectivity index (χ0v) is 15.3. The zero-order valence-electron chi connectivity index (χ0n) is 14.3. The zero-order chi connectivity index (χ0) is 17.5. The minimum Gasteiger partial charge on any atom is -0.271 e. The van der Waals surface area contributed by atoms with E-state index in [0.29, 0.717) is 12.2 Å². The van der Waals surface area contributed by atoms with Gasteiger partial charge in [0.1, 0.15) is 0 Å². The van der Waals surface area contributed by atoms with Crippen molar-refractivity contribution in [1.29, 1.82) is 0 Å². The van der Waals surface area contributed by atoms with Crippen LogP contribution in [0.4, 0.5) is 5.69 Å². The van der Waals surface area contributed by atoms with Crippen molar-refractivity contribution in [2.45, 2.75) is 37.8 Å². The van der Waals surface area contributed by atoms with Crippen LogP contribution in [0, 0.1) is 0 Å². The average molecular weight is 342 g/mol. The molecule has 0 bridgehead atoms. The van der Waals surface area contributed by atoms with Crippen LogP contribution in [0.5, 0.6) is 0 Å². The lowest BCUT2D eigenvalue weighted by Crippen LogP contribution is -2.41. The van der Waals surface area contributed by atoms with Crippen LogP contribution in [-0.4, -0.2) is 43.5 Å². The Hall–Kier alpha value is -2.28. The second-order valence-electron chi connectivity index (χ2n) is 7.53. The van der Waals surface area contributed by atoms with E-state index in [9.17, 15) is 9.59 Å². The van der Waals surface area contributed by atoms with Crippen molar-refractivity contribution < 1.29 is 9.59 Å². The van der Waals surface area contributed by atoms with Crippen molar-refractivity contribution in [3.8, 4) is 0 Å². The molecule has 0 radical (unpaired) electrons. The van der Waals surface area contributed by atoms with Crippen molar-refractivity contribution >= 4 is 25.6 Å². The molecule has 1 saturated heterocycles. The summed E-state index contributed by atoms with van der Waals surface area (Å²) in [5.41, 5.74) is 1.62. The number of hydrogen-bond donors (Lipinski definition) is 0. The van der Waals surface area contributed by atoms with E-state index < -0.39 is 20.2 Å². The minimum absolute atomic E-state index is 0.262. The monoisotopic (exact) mass is 342 g/mol. The van der Waals surface area contributed by atoms with Gasteiger partial charge >= 0.3 is 0 Å². The van der Waals surface area contributed by atoms with Crippen molar-refractivity contribution in [3.05, 3.63) is 42.5 Å². The van der Waals surface area contributed by atoms with Gasteiger partial charge in [-0.15, -0.1) is 0 Å². The highest BCUT2D eigenvalue weighted by atomic mass is 28.3. The summed E-state index contributed by atoms with van der Waals surface area (Å²) in [5, 5.41) is 9.73. The maximum atomic E-state index is 12.8. The summed E-state index contributed by atoms with van der Waals surface area (Å²) in [4.78, 5) is 26.6. The molecule has 1 aromatic carbocycles. The third kappa shape index (κ3) is 3.03. The number of nitrogens with zero attached hydrogens (tertiary/aromatic N) is 4. The van der Waals surface area contributed by atoms with E-state index >= 15 is 0 Å². The standard InChI is InChI=1S/C17H22N4O2Si/c1-12(11-24(2,3)4)10-20-15-14(18-19-20)16(22)21(17(15)23)13-8-6-5-7-9-13/h5-9,14-15H,1,10-11H2,2-4H3. The molecular weight excluding hydrogens is 320 g/mol. The lowest BCUT2D eigenvalue weighted by Gasteiger charge is -2.24. The number of carbonyl (C=O) groups is 2. The highest BCUT2D eigenvalue weighted by Gasteiger charge is 2.54. The fourth-order valence-corrected chi connectivity index (χ4v) is 4.83. The summed E-state index contributed by atoms with van der Waals surface area (Å²) < 4.78 is 0. The first kappa shape index (κ1) is 16.6. The van der Waals surface area contributed by atoms with Gasteiger partial charge in [-0.25, -0.2) is 4.90 Å². The van der Waals surface area contributed by atoms with Gasteiger partial charge < -0.3 is 0 Å². The molecule has 0 aromatic heterocycles. The van der Waals surface area contributed by atoms with E-state index in [2.05, 4.69) is 36.6 Å². The predicted octanol–water partition coefficient (Wildman–Crippen LogP) is 2.87. The summed E-state index contributed by atoms with van der Waals surface area (Å²) in [6.45, 7) is 11.4. The topological polar surface area (TPSA) is 65.3 Å². The minimum atomic E-state index is -1.28. The van der Waals surface area contributed by atoms with Crippen molar-refractivity contribution in [2.24, 2.45) is 10.3 Å². The van der Waals surface area contributed by atoms with Gasteiger partial charge in [0.25, 0.3) is 11.8 Å². The molecule has 0 N–H and O–H groups in total. The number of carbonyl (C=O) groups excluding carboxylic acids is 2. The molecule has 2 unspecified atom stereocenters.